The standard InChI is InChI=1S/C28H24ClNO4/c1-33-24-13-19(14-25(34-2)28(24)32)22-15-26(31)30(16-17-6-5-8-20(29)12-17)23-11-10-18-7-3-4-9-21(18)27(22)23/h3-14,22,32H,15-16H2,1-2H3. The molecule has 0 aromatic heterocycles. The molecule has 34 heavy (non-hydrogen) atoms. The second-order valence-corrected chi connectivity index (χ2v) is 8.80. The van der Waals surface area contributed by atoms with Crippen LogP contribution in [0.1, 0.15) is 29.0 Å². The van der Waals surface area contributed by atoms with E-state index < -0.39 is 0 Å². The Kier molecular flexibility index (Phi) is 5.80. The maximum absolute atomic E-state index is 13.5. The number of nitrogens with zero attached hydrogens (tertiary/aromatic N) is 1. The van der Waals surface area contributed by atoms with Crippen molar-refractivity contribution < 1.29 is 19.4 Å². The molecular weight excluding hydrogens is 450 g/mol. The van der Waals surface area contributed by atoms with Crippen molar-refractivity contribution in [3.05, 3.63) is 94.5 Å². The van der Waals surface area contributed by atoms with Crippen molar-refractivity contribution in [2.45, 2.75) is 18.9 Å². The van der Waals surface area contributed by atoms with E-state index in [-0.39, 0.29) is 24.0 Å². The number of hydrogen-bond acceptors (Lipinski definition) is 4. The molecule has 0 saturated carbocycles. The normalized spacial score (nSPS) is 15.3. The quantitative estimate of drug-likeness (QED) is 0.370. The second-order valence-electron chi connectivity index (χ2n) is 8.36. The number of phenolic OH excluding ortho intramolecular Hbond substituents is 1. The molecule has 5 nitrogen and oxygen atoms in total. The molecule has 4 aromatic rings. The third-order valence-electron chi connectivity index (χ3n) is 6.40. The van der Waals surface area contributed by atoms with Crippen LogP contribution in [-0.4, -0.2) is 25.2 Å². The Morgan fingerprint density at radius 1 is 0.971 bits per heavy atom. The number of anilines is 1. The van der Waals surface area contributed by atoms with Gasteiger partial charge < -0.3 is 19.5 Å². The number of halogens is 1. The van der Waals surface area contributed by atoms with Crippen molar-refractivity contribution in [3.8, 4) is 17.2 Å². The van der Waals surface area contributed by atoms with Crippen molar-refractivity contribution in [1.29, 1.82) is 0 Å². The Morgan fingerprint density at radius 3 is 2.41 bits per heavy atom. The molecule has 172 valence electrons. The highest BCUT2D eigenvalue weighted by atomic mass is 35.5. The van der Waals surface area contributed by atoms with Crippen LogP contribution in [0, 0.1) is 0 Å². The number of benzene rings is 4. The minimum absolute atomic E-state index is 0.0127. The van der Waals surface area contributed by atoms with E-state index in [0.717, 1.165) is 33.2 Å². The first-order valence-corrected chi connectivity index (χ1v) is 11.4. The summed E-state index contributed by atoms with van der Waals surface area (Å²) in [5.74, 6) is 0.345. The van der Waals surface area contributed by atoms with E-state index in [2.05, 4.69) is 12.1 Å². The zero-order valence-electron chi connectivity index (χ0n) is 18.9. The smallest absolute Gasteiger partial charge is 0.228 e. The molecule has 0 radical (unpaired) electrons. The minimum Gasteiger partial charge on any atom is -0.502 e. The Hall–Kier alpha value is -3.70. The van der Waals surface area contributed by atoms with E-state index in [9.17, 15) is 9.90 Å². The maximum atomic E-state index is 13.5. The predicted octanol–water partition coefficient (Wildman–Crippen LogP) is 6.28. The fourth-order valence-corrected chi connectivity index (χ4v) is 5.01. The van der Waals surface area contributed by atoms with Crippen molar-refractivity contribution in [3.63, 3.8) is 0 Å². The fourth-order valence-electron chi connectivity index (χ4n) is 4.80. The van der Waals surface area contributed by atoms with E-state index in [1.54, 1.807) is 12.1 Å². The van der Waals surface area contributed by atoms with Crippen molar-refractivity contribution in [1.82, 2.24) is 0 Å². The van der Waals surface area contributed by atoms with E-state index in [0.29, 0.717) is 23.1 Å². The first-order valence-electron chi connectivity index (χ1n) is 11.0. The lowest BCUT2D eigenvalue weighted by Gasteiger charge is -2.35. The van der Waals surface area contributed by atoms with Crippen LogP contribution in [0.4, 0.5) is 5.69 Å². The lowest BCUT2D eigenvalue weighted by atomic mass is 9.81. The number of fused-ring (bicyclic) bond motifs is 3. The van der Waals surface area contributed by atoms with Gasteiger partial charge in [0.15, 0.2) is 11.5 Å². The monoisotopic (exact) mass is 473 g/mol. The van der Waals surface area contributed by atoms with Gasteiger partial charge in [0.25, 0.3) is 0 Å². The highest BCUT2D eigenvalue weighted by Crippen LogP contribution is 2.47. The van der Waals surface area contributed by atoms with Gasteiger partial charge in [-0.3, -0.25) is 4.79 Å². The third-order valence-corrected chi connectivity index (χ3v) is 6.64. The summed E-state index contributed by atoms with van der Waals surface area (Å²) in [7, 11) is 3.00. The van der Waals surface area contributed by atoms with Crippen molar-refractivity contribution >= 4 is 34.0 Å². The number of amides is 1. The van der Waals surface area contributed by atoms with Crippen LogP contribution in [0.2, 0.25) is 5.02 Å². The molecule has 0 saturated heterocycles. The Balaban J connectivity index is 1.70. The van der Waals surface area contributed by atoms with Gasteiger partial charge >= 0.3 is 0 Å². The summed E-state index contributed by atoms with van der Waals surface area (Å²) in [6.45, 7) is 0.430. The van der Waals surface area contributed by atoms with Crippen LogP contribution >= 0.6 is 11.6 Å². The largest absolute Gasteiger partial charge is 0.502 e. The van der Waals surface area contributed by atoms with E-state index >= 15 is 0 Å². The summed E-state index contributed by atoms with van der Waals surface area (Å²) in [4.78, 5) is 15.4. The SMILES string of the molecule is COc1cc(C2CC(=O)N(Cc3cccc(Cl)c3)c3ccc4ccccc4c32)cc(OC)c1O. The lowest BCUT2D eigenvalue weighted by molar-refractivity contribution is -0.119. The molecule has 4 aromatic carbocycles. The molecular formula is C28H24ClNO4. The molecule has 1 heterocycles. The molecule has 1 N–H and O–H groups in total. The van der Waals surface area contributed by atoms with Crippen LogP contribution in [0.25, 0.3) is 10.8 Å². The van der Waals surface area contributed by atoms with Gasteiger partial charge in [-0.05, 0) is 57.8 Å². The van der Waals surface area contributed by atoms with E-state index in [1.807, 2.05) is 53.4 Å². The van der Waals surface area contributed by atoms with Crippen molar-refractivity contribution in [2.24, 2.45) is 0 Å². The zero-order valence-corrected chi connectivity index (χ0v) is 19.7. The average molecular weight is 474 g/mol. The maximum Gasteiger partial charge on any atom is 0.228 e. The van der Waals surface area contributed by atoms with E-state index in [1.165, 1.54) is 14.2 Å². The number of hydrogen-bond donors (Lipinski definition) is 1. The number of rotatable bonds is 5. The number of carbonyl (C=O) groups excluding carboxylic acids is 1. The van der Waals surface area contributed by atoms with Crippen LogP contribution in [0.3, 0.4) is 0 Å². The van der Waals surface area contributed by atoms with Gasteiger partial charge in [0.1, 0.15) is 0 Å². The molecule has 5 rings (SSSR count). The number of aromatic hydroxyl groups is 1. The number of carbonyl (C=O) groups is 1. The average Bonchev–Trinajstić information content (AvgIpc) is 2.85. The molecule has 0 bridgehead atoms. The third kappa shape index (κ3) is 3.82. The minimum atomic E-state index is -0.229. The highest BCUT2D eigenvalue weighted by Gasteiger charge is 2.34. The summed E-state index contributed by atoms with van der Waals surface area (Å²) in [5.41, 5.74) is 3.74. The van der Waals surface area contributed by atoms with Crippen LogP contribution in [0.15, 0.2) is 72.8 Å². The Morgan fingerprint density at radius 2 is 1.71 bits per heavy atom. The summed E-state index contributed by atoms with van der Waals surface area (Å²) >= 11 is 6.20. The number of methoxy groups -OCH3 is 2. The topological polar surface area (TPSA) is 59.0 Å². The van der Waals surface area contributed by atoms with Crippen LogP contribution in [-0.2, 0) is 11.3 Å². The predicted molar refractivity (Wildman–Crippen MR) is 134 cm³/mol. The molecule has 1 unspecified atom stereocenters. The number of phenols is 1. The molecule has 0 spiro atoms. The highest BCUT2D eigenvalue weighted by molar-refractivity contribution is 6.30. The molecule has 0 aliphatic carbocycles. The van der Waals surface area contributed by atoms with Gasteiger partial charge in [0, 0.05) is 23.0 Å². The van der Waals surface area contributed by atoms with Gasteiger partial charge in [0.05, 0.1) is 20.8 Å². The molecule has 1 atom stereocenters. The number of ether oxygens (including phenoxy) is 2. The van der Waals surface area contributed by atoms with Gasteiger partial charge in [-0.25, -0.2) is 0 Å². The zero-order chi connectivity index (χ0) is 23.8. The lowest BCUT2D eigenvalue weighted by Crippen LogP contribution is -2.36. The van der Waals surface area contributed by atoms with Gasteiger partial charge in [-0.15, -0.1) is 0 Å². The van der Waals surface area contributed by atoms with Crippen LogP contribution in [0.5, 0.6) is 17.2 Å². The molecule has 1 aliphatic rings. The first-order chi connectivity index (χ1) is 16.5. The summed E-state index contributed by atoms with van der Waals surface area (Å²) in [6, 6.07) is 23.4. The summed E-state index contributed by atoms with van der Waals surface area (Å²) in [6.07, 6.45) is 0.276. The first kappa shape index (κ1) is 22.1. The fraction of sp³-hybridized carbons (Fsp3) is 0.179. The molecule has 1 aliphatic heterocycles. The molecule has 1 amide bonds. The Labute approximate surface area is 203 Å². The van der Waals surface area contributed by atoms with Gasteiger partial charge in [-0.1, -0.05) is 54.1 Å². The Bertz CT molecular complexity index is 1380. The second kappa shape index (κ2) is 8.92. The summed E-state index contributed by atoms with van der Waals surface area (Å²) in [5, 5.41) is 13.2. The van der Waals surface area contributed by atoms with Crippen molar-refractivity contribution in [2.75, 3.05) is 19.1 Å². The summed E-state index contributed by atoms with van der Waals surface area (Å²) < 4.78 is 10.8. The molecule has 6 heteroatoms. The van der Waals surface area contributed by atoms with Gasteiger partial charge in [0.2, 0.25) is 11.7 Å². The van der Waals surface area contributed by atoms with Gasteiger partial charge in [-0.2, -0.15) is 0 Å². The molecule has 0 fully saturated rings. The van der Waals surface area contributed by atoms with Crippen LogP contribution < -0.4 is 14.4 Å². The van der Waals surface area contributed by atoms with E-state index in [4.69, 9.17) is 21.1 Å².